The molecule has 1 aliphatic heterocycles. The lowest BCUT2D eigenvalue weighted by atomic mass is 10.1. The van der Waals surface area contributed by atoms with Crippen molar-refractivity contribution in [2.75, 3.05) is 32.7 Å². The van der Waals surface area contributed by atoms with Crippen molar-refractivity contribution in [2.45, 2.75) is 13.5 Å². The van der Waals surface area contributed by atoms with Crippen LogP contribution in [0.2, 0.25) is 0 Å². The highest BCUT2D eigenvalue weighted by atomic mass is 16.5. The van der Waals surface area contributed by atoms with Crippen molar-refractivity contribution in [3.05, 3.63) is 35.7 Å². The van der Waals surface area contributed by atoms with Gasteiger partial charge in [-0.05, 0) is 6.92 Å². The molecule has 7 nitrogen and oxygen atoms in total. The number of carbonyl (C=O) groups is 1. The largest absolute Gasteiger partial charge is 0.369 e. The summed E-state index contributed by atoms with van der Waals surface area (Å²) in [6, 6.07) is 8.05. The monoisotopic (exact) mass is 315 g/mol. The summed E-state index contributed by atoms with van der Waals surface area (Å²) in [5, 5.41) is 4.05. The van der Waals surface area contributed by atoms with Gasteiger partial charge >= 0.3 is 0 Å². The van der Waals surface area contributed by atoms with E-state index < -0.39 is 0 Å². The molecule has 0 atom stereocenters. The topological polar surface area (TPSA) is 88.5 Å². The molecule has 122 valence electrons. The fourth-order valence-corrected chi connectivity index (χ4v) is 2.66. The number of hydrogen-bond acceptors (Lipinski definition) is 6. The third-order valence-electron chi connectivity index (χ3n) is 3.98. The van der Waals surface area contributed by atoms with Crippen LogP contribution in [0.25, 0.3) is 11.4 Å². The smallest absolute Gasteiger partial charge is 0.241 e. The predicted molar refractivity (Wildman–Crippen MR) is 85.4 cm³/mol. The van der Waals surface area contributed by atoms with Crippen molar-refractivity contribution in [2.24, 2.45) is 5.73 Å². The summed E-state index contributed by atoms with van der Waals surface area (Å²) in [5.74, 6) is 0.953. The van der Waals surface area contributed by atoms with Crippen molar-refractivity contribution >= 4 is 5.91 Å². The summed E-state index contributed by atoms with van der Waals surface area (Å²) in [6.07, 6.45) is 0. The molecule has 1 aromatic carbocycles. The first-order valence-corrected chi connectivity index (χ1v) is 7.73. The lowest BCUT2D eigenvalue weighted by Crippen LogP contribution is -2.48. The van der Waals surface area contributed by atoms with Crippen LogP contribution in [0.3, 0.4) is 0 Å². The van der Waals surface area contributed by atoms with E-state index in [9.17, 15) is 4.79 Å². The van der Waals surface area contributed by atoms with E-state index in [1.54, 1.807) is 0 Å². The van der Waals surface area contributed by atoms with E-state index in [1.807, 2.05) is 31.2 Å². The molecular weight excluding hydrogens is 294 g/mol. The molecule has 2 heterocycles. The molecule has 1 saturated heterocycles. The van der Waals surface area contributed by atoms with Crippen LogP contribution in [-0.2, 0) is 11.3 Å². The number of aromatic nitrogens is 2. The number of piperazine rings is 1. The van der Waals surface area contributed by atoms with Crippen LogP contribution < -0.4 is 5.73 Å². The Morgan fingerprint density at radius 1 is 1.17 bits per heavy atom. The first-order chi connectivity index (χ1) is 11.1. The lowest BCUT2D eigenvalue weighted by Gasteiger charge is -2.32. The van der Waals surface area contributed by atoms with Gasteiger partial charge in [-0.15, -0.1) is 0 Å². The summed E-state index contributed by atoms with van der Waals surface area (Å²) in [5.41, 5.74) is 7.38. The quantitative estimate of drug-likeness (QED) is 0.871. The summed E-state index contributed by atoms with van der Waals surface area (Å²) < 4.78 is 5.35. The van der Waals surface area contributed by atoms with Crippen LogP contribution in [0.1, 0.15) is 11.5 Å². The third kappa shape index (κ3) is 4.14. The van der Waals surface area contributed by atoms with Crippen LogP contribution >= 0.6 is 0 Å². The number of amides is 1. The molecule has 7 heteroatoms. The highest BCUT2D eigenvalue weighted by molar-refractivity contribution is 5.75. The Morgan fingerprint density at radius 3 is 2.48 bits per heavy atom. The van der Waals surface area contributed by atoms with Gasteiger partial charge < -0.3 is 10.3 Å². The van der Waals surface area contributed by atoms with Gasteiger partial charge in [-0.2, -0.15) is 4.98 Å². The molecule has 2 aromatic rings. The van der Waals surface area contributed by atoms with Crippen molar-refractivity contribution in [3.8, 4) is 11.4 Å². The zero-order valence-corrected chi connectivity index (χ0v) is 13.2. The molecule has 2 N–H and O–H groups in total. The zero-order valence-electron chi connectivity index (χ0n) is 13.2. The van der Waals surface area contributed by atoms with Gasteiger partial charge in [0.2, 0.25) is 17.6 Å². The first-order valence-electron chi connectivity index (χ1n) is 7.73. The van der Waals surface area contributed by atoms with Crippen molar-refractivity contribution in [1.29, 1.82) is 0 Å². The average molecular weight is 315 g/mol. The Hall–Kier alpha value is -2.25. The van der Waals surface area contributed by atoms with Gasteiger partial charge in [0.05, 0.1) is 13.1 Å². The highest BCUT2D eigenvalue weighted by Crippen LogP contribution is 2.17. The van der Waals surface area contributed by atoms with Crippen LogP contribution in [-0.4, -0.2) is 58.6 Å². The highest BCUT2D eigenvalue weighted by Gasteiger charge is 2.20. The summed E-state index contributed by atoms with van der Waals surface area (Å²) in [6.45, 7) is 6.35. The second-order valence-electron chi connectivity index (χ2n) is 5.90. The molecule has 0 spiro atoms. The Balaban J connectivity index is 1.56. The number of primary amides is 1. The predicted octanol–water partition coefficient (Wildman–Crippen LogP) is 0.648. The van der Waals surface area contributed by atoms with E-state index in [2.05, 4.69) is 19.9 Å². The molecule has 1 aromatic heterocycles. The summed E-state index contributed by atoms with van der Waals surface area (Å²) in [4.78, 5) is 19.7. The second-order valence-corrected chi connectivity index (χ2v) is 5.90. The maximum atomic E-state index is 10.9. The van der Waals surface area contributed by atoms with Gasteiger partial charge in [-0.25, -0.2) is 0 Å². The molecule has 0 saturated carbocycles. The number of nitrogens with zero attached hydrogens (tertiary/aromatic N) is 4. The van der Waals surface area contributed by atoms with E-state index in [0.29, 0.717) is 24.8 Å². The normalized spacial score (nSPS) is 16.6. The van der Waals surface area contributed by atoms with Crippen LogP contribution in [0, 0.1) is 6.92 Å². The number of benzene rings is 1. The van der Waals surface area contributed by atoms with Gasteiger partial charge in [0, 0.05) is 31.7 Å². The van der Waals surface area contributed by atoms with Crippen molar-refractivity contribution in [3.63, 3.8) is 0 Å². The van der Waals surface area contributed by atoms with E-state index >= 15 is 0 Å². The maximum Gasteiger partial charge on any atom is 0.241 e. The second kappa shape index (κ2) is 6.89. The Labute approximate surface area is 135 Å². The lowest BCUT2D eigenvalue weighted by molar-refractivity contribution is -0.119. The first kappa shape index (κ1) is 15.6. The molecule has 1 fully saturated rings. The Bertz CT molecular complexity index is 659. The summed E-state index contributed by atoms with van der Waals surface area (Å²) >= 11 is 0. The van der Waals surface area contributed by atoms with Gasteiger partial charge in [0.1, 0.15) is 0 Å². The molecule has 23 heavy (non-hydrogen) atoms. The number of rotatable bonds is 5. The molecule has 1 amide bonds. The van der Waals surface area contributed by atoms with E-state index in [4.69, 9.17) is 10.3 Å². The number of nitrogens with two attached hydrogens (primary N) is 1. The van der Waals surface area contributed by atoms with Gasteiger partial charge in [-0.1, -0.05) is 35.0 Å². The third-order valence-corrected chi connectivity index (χ3v) is 3.98. The molecule has 0 bridgehead atoms. The standard InChI is InChI=1S/C16H21N5O2/c1-12-2-4-13(5-3-12)16-18-15(23-19-16)11-21-8-6-20(7-9-21)10-14(17)22/h2-5H,6-11H2,1H3,(H2,17,22). The van der Waals surface area contributed by atoms with E-state index in [1.165, 1.54) is 5.56 Å². The van der Waals surface area contributed by atoms with Gasteiger partial charge in [-0.3, -0.25) is 14.6 Å². The zero-order chi connectivity index (χ0) is 16.2. The minimum Gasteiger partial charge on any atom is -0.369 e. The maximum absolute atomic E-state index is 10.9. The van der Waals surface area contributed by atoms with E-state index in [0.717, 1.165) is 31.7 Å². The van der Waals surface area contributed by atoms with Gasteiger partial charge in [0.15, 0.2) is 0 Å². The minimum absolute atomic E-state index is 0.280. The Kier molecular flexibility index (Phi) is 4.68. The molecule has 3 rings (SSSR count). The number of carbonyl (C=O) groups excluding carboxylic acids is 1. The molecule has 0 aliphatic carbocycles. The van der Waals surface area contributed by atoms with Crippen LogP contribution in [0.4, 0.5) is 0 Å². The van der Waals surface area contributed by atoms with E-state index in [-0.39, 0.29) is 5.91 Å². The molecule has 0 radical (unpaired) electrons. The number of hydrogen-bond donors (Lipinski definition) is 1. The fourth-order valence-electron chi connectivity index (χ4n) is 2.66. The van der Waals surface area contributed by atoms with Crippen LogP contribution in [0.5, 0.6) is 0 Å². The molecular formula is C16H21N5O2. The summed E-state index contributed by atoms with van der Waals surface area (Å²) in [7, 11) is 0. The minimum atomic E-state index is -0.280. The number of aryl methyl sites for hydroxylation is 1. The molecule has 1 aliphatic rings. The molecule has 0 unspecified atom stereocenters. The van der Waals surface area contributed by atoms with Crippen LogP contribution in [0.15, 0.2) is 28.8 Å². The van der Waals surface area contributed by atoms with Gasteiger partial charge in [0.25, 0.3) is 0 Å². The fraction of sp³-hybridized carbons (Fsp3) is 0.438. The van der Waals surface area contributed by atoms with Crippen molar-refractivity contribution in [1.82, 2.24) is 19.9 Å². The van der Waals surface area contributed by atoms with Crippen molar-refractivity contribution < 1.29 is 9.32 Å². The SMILES string of the molecule is Cc1ccc(-c2noc(CN3CCN(CC(N)=O)CC3)n2)cc1. The average Bonchev–Trinajstić information content (AvgIpc) is 2.98. The Morgan fingerprint density at radius 2 is 1.83 bits per heavy atom.